The number of nitrogens with one attached hydrogen (secondary N) is 1. The van der Waals surface area contributed by atoms with Gasteiger partial charge in [-0.15, -0.1) is 0 Å². The Labute approximate surface area is 115 Å². The van der Waals surface area contributed by atoms with E-state index in [1.165, 1.54) is 0 Å². The van der Waals surface area contributed by atoms with Crippen LogP contribution in [-0.2, 0) is 6.54 Å². The van der Waals surface area contributed by atoms with Gasteiger partial charge in [-0.25, -0.2) is 4.79 Å². The molecule has 2 N–H and O–H groups in total. The highest BCUT2D eigenvalue weighted by Crippen LogP contribution is 2.04. The first-order valence-electron chi connectivity index (χ1n) is 6.85. The lowest BCUT2D eigenvalue weighted by Gasteiger charge is -2.26. The van der Waals surface area contributed by atoms with Gasteiger partial charge < -0.3 is 10.4 Å². The molecule has 4 heteroatoms. The Hall–Kier alpha value is -1.39. The molecule has 0 saturated heterocycles. The van der Waals surface area contributed by atoms with E-state index in [-0.39, 0.29) is 0 Å². The summed E-state index contributed by atoms with van der Waals surface area (Å²) in [7, 11) is 0. The minimum atomic E-state index is -0.880. The van der Waals surface area contributed by atoms with Crippen molar-refractivity contribution in [1.29, 1.82) is 0 Å². The maximum atomic E-state index is 10.7. The first-order chi connectivity index (χ1) is 9.08. The van der Waals surface area contributed by atoms with Gasteiger partial charge in [-0.05, 0) is 37.7 Å². The van der Waals surface area contributed by atoms with Crippen molar-refractivity contribution in [3.63, 3.8) is 0 Å². The van der Waals surface area contributed by atoms with Crippen LogP contribution >= 0.6 is 0 Å². The minimum absolute atomic E-state index is 0.334. The predicted molar refractivity (Wildman–Crippen MR) is 77.5 cm³/mol. The summed E-state index contributed by atoms with van der Waals surface area (Å²) in [5.41, 5.74) is 1.44. The molecule has 1 rings (SSSR count). The van der Waals surface area contributed by atoms with Crippen LogP contribution in [0.1, 0.15) is 36.7 Å². The molecule has 0 aromatic heterocycles. The SMILES string of the molecule is CCN(CC)C(C)CNCc1ccc(C(=O)O)cc1. The molecule has 1 unspecified atom stereocenters. The number of rotatable bonds is 8. The van der Waals surface area contributed by atoms with Crippen molar-refractivity contribution < 1.29 is 9.90 Å². The summed E-state index contributed by atoms with van der Waals surface area (Å²) < 4.78 is 0. The van der Waals surface area contributed by atoms with Gasteiger partial charge in [0.25, 0.3) is 0 Å². The molecule has 0 amide bonds. The molecule has 0 spiro atoms. The molecule has 1 aromatic rings. The van der Waals surface area contributed by atoms with Gasteiger partial charge in [0, 0.05) is 19.1 Å². The van der Waals surface area contributed by atoms with Gasteiger partial charge in [0.05, 0.1) is 5.56 Å². The highest BCUT2D eigenvalue weighted by atomic mass is 16.4. The summed E-state index contributed by atoms with van der Waals surface area (Å²) in [6, 6.07) is 7.52. The predicted octanol–water partition coefficient (Wildman–Crippen LogP) is 2.20. The Balaban J connectivity index is 2.38. The van der Waals surface area contributed by atoms with E-state index in [0.717, 1.165) is 31.7 Å². The monoisotopic (exact) mass is 264 g/mol. The van der Waals surface area contributed by atoms with Crippen LogP contribution in [0.3, 0.4) is 0 Å². The quantitative estimate of drug-likeness (QED) is 0.756. The molecule has 0 radical (unpaired) electrons. The Morgan fingerprint density at radius 1 is 1.26 bits per heavy atom. The fraction of sp³-hybridized carbons (Fsp3) is 0.533. The van der Waals surface area contributed by atoms with E-state index in [4.69, 9.17) is 5.11 Å². The zero-order chi connectivity index (χ0) is 14.3. The third-order valence-electron chi connectivity index (χ3n) is 3.41. The van der Waals surface area contributed by atoms with Crippen LogP contribution in [0.15, 0.2) is 24.3 Å². The second-order valence-corrected chi connectivity index (χ2v) is 4.70. The second-order valence-electron chi connectivity index (χ2n) is 4.70. The molecule has 0 fully saturated rings. The van der Waals surface area contributed by atoms with Gasteiger partial charge >= 0.3 is 5.97 Å². The van der Waals surface area contributed by atoms with Gasteiger partial charge in [-0.2, -0.15) is 0 Å². The van der Waals surface area contributed by atoms with E-state index in [1.54, 1.807) is 12.1 Å². The Kier molecular flexibility index (Phi) is 6.53. The molecule has 0 heterocycles. The summed E-state index contributed by atoms with van der Waals surface area (Å²) in [5, 5.41) is 12.2. The number of hydrogen-bond acceptors (Lipinski definition) is 3. The second kappa shape index (κ2) is 7.92. The van der Waals surface area contributed by atoms with Gasteiger partial charge in [0.1, 0.15) is 0 Å². The summed E-state index contributed by atoms with van der Waals surface area (Å²) >= 11 is 0. The Bertz CT molecular complexity index is 386. The first-order valence-corrected chi connectivity index (χ1v) is 6.85. The lowest BCUT2D eigenvalue weighted by atomic mass is 10.1. The molecule has 106 valence electrons. The van der Waals surface area contributed by atoms with Crippen molar-refractivity contribution in [2.45, 2.75) is 33.4 Å². The first kappa shape index (κ1) is 15.7. The molecular formula is C15H24N2O2. The molecule has 0 aliphatic rings. The lowest BCUT2D eigenvalue weighted by Crippen LogP contribution is -2.39. The van der Waals surface area contributed by atoms with Crippen molar-refractivity contribution in [2.75, 3.05) is 19.6 Å². The largest absolute Gasteiger partial charge is 0.478 e. The highest BCUT2D eigenvalue weighted by molar-refractivity contribution is 5.87. The summed E-state index contributed by atoms with van der Waals surface area (Å²) in [6.07, 6.45) is 0. The third-order valence-corrected chi connectivity index (χ3v) is 3.41. The van der Waals surface area contributed by atoms with E-state index >= 15 is 0 Å². The van der Waals surface area contributed by atoms with Gasteiger partial charge in [0.15, 0.2) is 0 Å². The zero-order valence-electron chi connectivity index (χ0n) is 12.0. The fourth-order valence-electron chi connectivity index (χ4n) is 2.17. The van der Waals surface area contributed by atoms with Crippen molar-refractivity contribution in [3.8, 4) is 0 Å². The van der Waals surface area contributed by atoms with Gasteiger partial charge in [-0.1, -0.05) is 26.0 Å². The summed E-state index contributed by atoms with van der Waals surface area (Å²) in [6.45, 7) is 10.4. The average Bonchev–Trinajstić information content (AvgIpc) is 2.40. The van der Waals surface area contributed by atoms with Gasteiger partial charge in [-0.3, -0.25) is 4.90 Å². The summed E-state index contributed by atoms with van der Waals surface area (Å²) in [5.74, 6) is -0.880. The van der Waals surface area contributed by atoms with Crippen molar-refractivity contribution in [3.05, 3.63) is 35.4 Å². The number of likely N-dealkylation sites (N-methyl/N-ethyl adjacent to an activating group) is 1. The Morgan fingerprint density at radius 3 is 2.32 bits per heavy atom. The standard InChI is InChI=1S/C15H24N2O2/c1-4-17(5-2)12(3)10-16-11-13-6-8-14(9-7-13)15(18)19/h6-9,12,16H,4-5,10-11H2,1-3H3,(H,18,19). The zero-order valence-corrected chi connectivity index (χ0v) is 12.0. The van der Waals surface area contributed by atoms with Crippen molar-refractivity contribution >= 4 is 5.97 Å². The van der Waals surface area contributed by atoms with Crippen LogP contribution in [-0.4, -0.2) is 41.7 Å². The molecule has 0 bridgehead atoms. The molecule has 1 atom stereocenters. The number of benzene rings is 1. The van der Waals surface area contributed by atoms with Gasteiger partial charge in [0.2, 0.25) is 0 Å². The number of hydrogen-bond donors (Lipinski definition) is 2. The molecule has 0 aliphatic heterocycles. The molecule has 4 nitrogen and oxygen atoms in total. The van der Waals surface area contributed by atoms with Crippen molar-refractivity contribution in [2.24, 2.45) is 0 Å². The van der Waals surface area contributed by atoms with Crippen LogP contribution in [0, 0.1) is 0 Å². The lowest BCUT2D eigenvalue weighted by molar-refractivity contribution is 0.0697. The maximum Gasteiger partial charge on any atom is 0.335 e. The average molecular weight is 264 g/mol. The van der Waals surface area contributed by atoms with Crippen LogP contribution in [0.5, 0.6) is 0 Å². The van der Waals surface area contributed by atoms with E-state index in [2.05, 4.69) is 31.0 Å². The number of carboxylic acid groups (broad SMARTS) is 1. The molecule has 0 saturated carbocycles. The fourth-order valence-corrected chi connectivity index (χ4v) is 2.17. The van der Waals surface area contributed by atoms with E-state index in [9.17, 15) is 4.79 Å². The molecule has 1 aromatic carbocycles. The normalized spacial score (nSPS) is 12.6. The van der Waals surface area contributed by atoms with Crippen LogP contribution in [0.2, 0.25) is 0 Å². The van der Waals surface area contributed by atoms with Crippen LogP contribution in [0.25, 0.3) is 0 Å². The molecule has 0 aliphatic carbocycles. The van der Waals surface area contributed by atoms with E-state index in [1.807, 2.05) is 12.1 Å². The van der Waals surface area contributed by atoms with E-state index in [0.29, 0.717) is 11.6 Å². The minimum Gasteiger partial charge on any atom is -0.478 e. The molecular weight excluding hydrogens is 240 g/mol. The Morgan fingerprint density at radius 2 is 1.84 bits per heavy atom. The maximum absolute atomic E-state index is 10.7. The third kappa shape index (κ3) is 5.01. The number of nitrogens with zero attached hydrogens (tertiary/aromatic N) is 1. The van der Waals surface area contributed by atoms with Crippen molar-refractivity contribution in [1.82, 2.24) is 10.2 Å². The number of carboxylic acids is 1. The van der Waals surface area contributed by atoms with Crippen LogP contribution < -0.4 is 5.32 Å². The van der Waals surface area contributed by atoms with Crippen LogP contribution in [0.4, 0.5) is 0 Å². The number of carbonyl (C=O) groups is 1. The summed E-state index contributed by atoms with van der Waals surface area (Å²) in [4.78, 5) is 13.1. The molecule has 19 heavy (non-hydrogen) atoms. The topological polar surface area (TPSA) is 52.6 Å². The van der Waals surface area contributed by atoms with E-state index < -0.39 is 5.97 Å². The highest BCUT2D eigenvalue weighted by Gasteiger charge is 2.09. The number of aromatic carboxylic acids is 1. The smallest absolute Gasteiger partial charge is 0.335 e.